The summed E-state index contributed by atoms with van der Waals surface area (Å²) in [6.45, 7) is 9.54. The van der Waals surface area contributed by atoms with Crippen LogP contribution in [0.15, 0.2) is 6.07 Å². The van der Waals surface area contributed by atoms with Crippen LogP contribution in [0, 0.1) is 13.8 Å². The standard InChI is InChI=1S/C14H25N3O/c1-6-15-10-13-11(2)9-12(3)16-14(13)18-8-7-17(4)5/h9,15H,6-8,10H2,1-5H3. The molecule has 0 bridgehead atoms. The van der Waals surface area contributed by atoms with Crippen LogP contribution >= 0.6 is 0 Å². The van der Waals surface area contributed by atoms with Gasteiger partial charge >= 0.3 is 0 Å². The number of hydrogen-bond acceptors (Lipinski definition) is 4. The minimum absolute atomic E-state index is 0.669. The molecule has 1 aromatic rings. The van der Waals surface area contributed by atoms with Gasteiger partial charge in [-0.05, 0) is 46.1 Å². The molecule has 0 aliphatic rings. The molecule has 0 saturated carbocycles. The lowest BCUT2D eigenvalue weighted by Crippen LogP contribution is -2.21. The van der Waals surface area contributed by atoms with Gasteiger partial charge in [0.25, 0.3) is 0 Å². The first-order valence-electron chi connectivity index (χ1n) is 6.50. The summed E-state index contributed by atoms with van der Waals surface area (Å²) in [6.07, 6.45) is 0. The van der Waals surface area contributed by atoms with Crippen LogP contribution in [-0.4, -0.2) is 43.7 Å². The van der Waals surface area contributed by atoms with Crippen molar-refractivity contribution in [3.05, 3.63) is 22.9 Å². The van der Waals surface area contributed by atoms with E-state index in [1.165, 1.54) is 11.1 Å². The Bertz CT molecular complexity index is 378. The number of pyridine rings is 1. The van der Waals surface area contributed by atoms with Crippen molar-refractivity contribution in [1.29, 1.82) is 0 Å². The number of nitrogens with one attached hydrogen (secondary N) is 1. The van der Waals surface area contributed by atoms with Gasteiger partial charge in [0.05, 0.1) is 0 Å². The minimum atomic E-state index is 0.669. The van der Waals surface area contributed by atoms with Crippen LogP contribution in [-0.2, 0) is 6.54 Å². The lowest BCUT2D eigenvalue weighted by atomic mass is 10.1. The van der Waals surface area contributed by atoms with Crippen molar-refractivity contribution < 1.29 is 4.74 Å². The summed E-state index contributed by atoms with van der Waals surface area (Å²) in [5.41, 5.74) is 3.41. The highest BCUT2D eigenvalue weighted by atomic mass is 16.5. The largest absolute Gasteiger partial charge is 0.476 e. The van der Waals surface area contributed by atoms with E-state index in [0.717, 1.165) is 31.2 Å². The molecule has 1 aromatic heterocycles. The molecular formula is C14H25N3O. The Morgan fingerprint density at radius 1 is 1.33 bits per heavy atom. The highest BCUT2D eigenvalue weighted by Crippen LogP contribution is 2.20. The molecular weight excluding hydrogens is 226 g/mol. The highest BCUT2D eigenvalue weighted by molar-refractivity contribution is 5.35. The number of aryl methyl sites for hydroxylation is 2. The van der Waals surface area contributed by atoms with Gasteiger partial charge in [-0.3, -0.25) is 0 Å². The number of nitrogens with zero attached hydrogens (tertiary/aromatic N) is 2. The van der Waals surface area contributed by atoms with E-state index < -0.39 is 0 Å². The number of ether oxygens (including phenoxy) is 1. The Morgan fingerprint density at radius 3 is 2.67 bits per heavy atom. The molecule has 0 saturated heterocycles. The Kier molecular flexibility index (Phi) is 6.09. The Hall–Kier alpha value is -1.13. The molecule has 4 nitrogen and oxygen atoms in total. The third-order valence-electron chi connectivity index (χ3n) is 2.77. The van der Waals surface area contributed by atoms with Gasteiger partial charge in [-0.2, -0.15) is 0 Å². The second-order valence-electron chi connectivity index (χ2n) is 4.80. The molecule has 0 unspecified atom stereocenters. The first-order valence-corrected chi connectivity index (χ1v) is 6.50. The maximum Gasteiger partial charge on any atom is 0.218 e. The molecule has 0 aliphatic carbocycles. The molecule has 0 radical (unpaired) electrons. The van der Waals surface area contributed by atoms with E-state index in [0.29, 0.717) is 6.61 Å². The molecule has 4 heteroatoms. The fourth-order valence-electron chi connectivity index (χ4n) is 1.74. The average Bonchev–Trinajstić information content (AvgIpc) is 2.27. The maximum atomic E-state index is 5.81. The van der Waals surface area contributed by atoms with Crippen molar-refractivity contribution in [2.45, 2.75) is 27.3 Å². The second kappa shape index (κ2) is 7.34. The van der Waals surface area contributed by atoms with E-state index in [1.807, 2.05) is 21.0 Å². The molecule has 0 amide bonds. The van der Waals surface area contributed by atoms with Gasteiger partial charge in [0.15, 0.2) is 0 Å². The van der Waals surface area contributed by atoms with Gasteiger partial charge in [0, 0.05) is 24.3 Å². The Labute approximate surface area is 110 Å². The molecule has 1 N–H and O–H groups in total. The van der Waals surface area contributed by atoms with Crippen molar-refractivity contribution >= 4 is 0 Å². The third kappa shape index (κ3) is 4.63. The molecule has 0 aliphatic heterocycles. The zero-order valence-electron chi connectivity index (χ0n) is 12.2. The Balaban J connectivity index is 2.78. The summed E-state index contributed by atoms with van der Waals surface area (Å²) in [5, 5.41) is 3.33. The van der Waals surface area contributed by atoms with Crippen molar-refractivity contribution in [2.24, 2.45) is 0 Å². The molecule has 1 heterocycles. The fraction of sp³-hybridized carbons (Fsp3) is 0.643. The van der Waals surface area contributed by atoms with Crippen LogP contribution in [0.25, 0.3) is 0 Å². The molecule has 1 rings (SSSR count). The molecule has 0 atom stereocenters. The minimum Gasteiger partial charge on any atom is -0.476 e. The quantitative estimate of drug-likeness (QED) is 0.801. The van der Waals surface area contributed by atoms with Gasteiger partial charge in [-0.1, -0.05) is 6.92 Å². The summed E-state index contributed by atoms with van der Waals surface area (Å²) in [5.74, 6) is 0.773. The van der Waals surface area contributed by atoms with Gasteiger partial charge < -0.3 is 15.0 Å². The fourth-order valence-corrected chi connectivity index (χ4v) is 1.74. The van der Waals surface area contributed by atoms with Crippen LogP contribution in [0.1, 0.15) is 23.7 Å². The van der Waals surface area contributed by atoms with Gasteiger partial charge in [-0.15, -0.1) is 0 Å². The van der Waals surface area contributed by atoms with Crippen LogP contribution in [0.5, 0.6) is 5.88 Å². The van der Waals surface area contributed by atoms with Crippen LogP contribution in [0.3, 0.4) is 0 Å². The third-order valence-corrected chi connectivity index (χ3v) is 2.77. The van der Waals surface area contributed by atoms with E-state index in [1.54, 1.807) is 0 Å². The van der Waals surface area contributed by atoms with E-state index in [4.69, 9.17) is 4.74 Å². The van der Waals surface area contributed by atoms with E-state index in [-0.39, 0.29) is 0 Å². The zero-order chi connectivity index (χ0) is 13.5. The summed E-state index contributed by atoms with van der Waals surface area (Å²) in [6, 6.07) is 2.10. The predicted molar refractivity (Wildman–Crippen MR) is 75.1 cm³/mol. The van der Waals surface area contributed by atoms with Gasteiger partial charge in [-0.25, -0.2) is 4.98 Å². The van der Waals surface area contributed by atoms with Crippen molar-refractivity contribution in [1.82, 2.24) is 15.2 Å². The van der Waals surface area contributed by atoms with Crippen molar-refractivity contribution in [3.8, 4) is 5.88 Å². The van der Waals surface area contributed by atoms with E-state index >= 15 is 0 Å². The molecule has 102 valence electrons. The first kappa shape index (κ1) is 14.9. The van der Waals surface area contributed by atoms with E-state index in [9.17, 15) is 0 Å². The van der Waals surface area contributed by atoms with Gasteiger partial charge in [0.2, 0.25) is 5.88 Å². The number of hydrogen-bond donors (Lipinski definition) is 1. The molecule has 18 heavy (non-hydrogen) atoms. The molecule has 0 aromatic carbocycles. The predicted octanol–water partition coefficient (Wildman–Crippen LogP) is 1.75. The number of likely N-dealkylation sites (N-methyl/N-ethyl adjacent to an activating group) is 1. The lowest BCUT2D eigenvalue weighted by molar-refractivity contribution is 0.251. The topological polar surface area (TPSA) is 37.4 Å². The van der Waals surface area contributed by atoms with Crippen molar-refractivity contribution in [3.63, 3.8) is 0 Å². The van der Waals surface area contributed by atoms with E-state index in [2.05, 4.69) is 35.1 Å². The molecule has 0 fully saturated rings. The summed E-state index contributed by atoms with van der Waals surface area (Å²) in [4.78, 5) is 6.61. The normalized spacial score (nSPS) is 11.0. The number of aromatic nitrogens is 1. The van der Waals surface area contributed by atoms with Crippen LogP contribution in [0.2, 0.25) is 0 Å². The van der Waals surface area contributed by atoms with Crippen molar-refractivity contribution in [2.75, 3.05) is 33.8 Å². The second-order valence-corrected chi connectivity index (χ2v) is 4.80. The summed E-state index contributed by atoms with van der Waals surface area (Å²) >= 11 is 0. The maximum absolute atomic E-state index is 5.81. The first-order chi connectivity index (χ1) is 8.54. The smallest absolute Gasteiger partial charge is 0.218 e. The number of rotatable bonds is 7. The van der Waals surface area contributed by atoms with Gasteiger partial charge in [0.1, 0.15) is 6.61 Å². The lowest BCUT2D eigenvalue weighted by Gasteiger charge is -2.15. The van der Waals surface area contributed by atoms with Crippen LogP contribution in [0.4, 0.5) is 0 Å². The highest BCUT2D eigenvalue weighted by Gasteiger charge is 2.09. The molecule has 0 spiro atoms. The monoisotopic (exact) mass is 251 g/mol. The van der Waals surface area contributed by atoms with Crippen LogP contribution < -0.4 is 10.1 Å². The Morgan fingerprint density at radius 2 is 2.06 bits per heavy atom. The zero-order valence-corrected chi connectivity index (χ0v) is 12.2. The summed E-state index contributed by atoms with van der Waals surface area (Å²) < 4.78 is 5.81. The average molecular weight is 251 g/mol. The summed E-state index contributed by atoms with van der Waals surface area (Å²) in [7, 11) is 4.08. The SMILES string of the molecule is CCNCc1c(C)cc(C)nc1OCCN(C)C.